The average molecular weight is 303 g/mol. The van der Waals surface area contributed by atoms with Gasteiger partial charge in [0.2, 0.25) is 0 Å². The van der Waals surface area contributed by atoms with Gasteiger partial charge in [-0.25, -0.2) is 9.18 Å². The number of nitrogens with one attached hydrogen (secondary N) is 1. The molecule has 0 amide bonds. The van der Waals surface area contributed by atoms with Crippen LogP contribution in [0.2, 0.25) is 0 Å². The van der Waals surface area contributed by atoms with Crippen molar-refractivity contribution in [3.63, 3.8) is 0 Å². The van der Waals surface area contributed by atoms with Crippen LogP contribution in [0.4, 0.5) is 17.6 Å². The van der Waals surface area contributed by atoms with Crippen molar-refractivity contribution in [2.45, 2.75) is 13.1 Å². The van der Waals surface area contributed by atoms with Crippen LogP contribution >= 0.6 is 0 Å². The molecule has 0 bridgehead atoms. The van der Waals surface area contributed by atoms with Gasteiger partial charge in [0.15, 0.2) is 5.69 Å². The molecule has 0 radical (unpaired) electrons. The molecule has 2 rings (SSSR count). The Morgan fingerprint density at radius 1 is 1.33 bits per heavy atom. The van der Waals surface area contributed by atoms with Gasteiger partial charge in [-0.3, -0.25) is 0 Å². The number of alkyl halides is 3. The molecule has 0 aliphatic carbocycles. The predicted molar refractivity (Wildman–Crippen MR) is 62.7 cm³/mol. The number of rotatable bonds is 3. The lowest BCUT2D eigenvalue weighted by Gasteiger charge is -2.08. The fourth-order valence-electron chi connectivity index (χ4n) is 1.67. The number of carbonyl (C=O) groups excluding carboxylic acids is 1. The quantitative estimate of drug-likeness (QED) is 0.699. The third kappa shape index (κ3) is 3.01. The second-order valence-corrected chi connectivity index (χ2v) is 3.93. The molecule has 0 unspecified atom stereocenters. The summed E-state index contributed by atoms with van der Waals surface area (Å²) in [4.78, 5) is 11.6. The highest BCUT2D eigenvalue weighted by Gasteiger charge is 2.34. The van der Waals surface area contributed by atoms with Crippen LogP contribution in [0.15, 0.2) is 18.2 Å². The largest absolute Gasteiger partial charge is 0.461 e. The van der Waals surface area contributed by atoms with E-state index in [1.165, 1.54) is 0 Å². The predicted octanol–water partition coefficient (Wildman–Crippen LogP) is 2.81. The van der Waals surface area contributed by atoms with E-state index in [0.29, 0.717) is 12.1 Å². The lowest BCUT2D eigenvalue weighted by molar-refractivity contribution is -0.139. The minimum absolute atomic E-state index is 0.0164. The summed E-state index contributed by atoms with van der Waals surface area (Å²) in [5, 5.41) is 9.35. The van der Waals surface area contributed by atoms with E-state index in [2.05, 4.69) is 15.4 Å². The zero-order valence-corrected chi connectivity index (χ0v) is 10.7. The van der Waals surface area contributed by atoms with Crippen molar-refractivity contribution >= 4 is 5.97 Å². The van der Waals surface area contributed by atoms with Crippen molar-refractivity contribution in [3.05, 3.63) is 35.3 Å². The van der Waals surface area contributed by atoms with E-state index in [-0.39, 0.29) is 23.6 Å². The van der Waals surface area contributed by atoms with Crippen molar-refractivity contribution in [1.82, 2.24) is 15.4 Å². The van der Waals surface area contributed by atoms with Crippen molar-refractivity contribution in [3.8, 4) is 11.3 Å². The number of benzene rings is 1. The molecule has 0 saturated heterocycles. The van der Waals surface area contributed by atoms with E-state index < -0.39 is 23.5 Å². The van der Waals surface area contributed by atoms with E-state index >= 15 is 0 Å². The summed E-state index contributed by atoms with van der Waals surface area (Å²) < 4.78 is 55.7. The summed E-state index contributed by atoms with van der Waals surface area (Å²) in [6.07, 6.45) is -4.80. The molecule has 0 spiro atoms. The van der Waals surface area contributed by atoms with Crippen LogP contribution < -0.4 is 0 Å². The minimum Gasteiger partial charge on any atom is -0.461 e. The molecule has 2 aromatic rings. The van der Waals surface area contributed by atoms with Crippen molar-refractivity contribution in [2.24, 2.45) is 0 Å². The molecule has 112 valence electrons. The highest BCUT2D eigenvalue weighted by molar-refractivity contribution is 5.93. The second kappa shape index (κ2) is 5.51. The Morgan fingerprint density at radius 2 is 2.05 bits per heavy atom. The number of carbonyl (C=O) groups is 1. The van der Waals surface area contributed by atoms with Gasteiger partial charge >= 0.3 is 12.1 Å². The summed E-state index contributed by atoms with van der Waals surface area (Å²) in [6.45, 7) is 1.67. The Kier molecular flexibility index (Phi) is 3.92. The zero-order valence-electron chi connectivity index (χ0n) is 10.7. The first-order valence-electron chi connectivity index (χ1n) is 5.79. The van der Waals surface area contributed by atoms with Crippen molar-refractivity contribution in [2.75, 3.05) is 6.61 Å². The lowest BCUT2D eigenvalue weighted by Crippen LogP contribution is -2.09. The van der Waals surface area contributed by atoms with Crippen LogP contribution in [0.25, 0.3) is 11.3 Å². The summed E-state index contributed by atoms with van der Waals surface area (Å²) >= 11 is 0. The molecule has 5 nitrogen and oxygen atoms in total. The number of ether oxygens (including phenoxy) is 1. The molecular formula is C12H9F4N3O2. The second-order valence-electron chi connectivity index (χ2n) is 3.93. The third-order valence-electron chi connectivity index (χ3n) is 2.56. The summed E-state index contributed by atoms with van der Waals surface area (Å²) in [6, 6.07) is 2.23. The van der Waals surface area contributed by atoms with Gasteiger partial charge in [-0.2, -0.15) is 23.5 Å². The number of aromatic amines is 1. The number of nitrogens with zero attached hydrogens (tertiary/aromatic N) is 2. The Labute approximate surface area is 115 Å². The highest BCUT2D eigenvalue weighted by atomic mass is 19.4. The number of halogens is 4. The van der Waals surface area contributed by atoms with Gasteiger partial charge in [-0.15, -0.1) is 5.10 Å². The number of H-pyrrole nitrogens is 1. The van der Waals surface area contributed by atoms with E-state index in [0.717, 1.165) is 6.07 Å². The maximum absolute atomic E-state index is 13.5. The molecule has 0 fully saturated rings. The van der Waals surface area contributed by atoms with Gasteiger partial charge in [0, 0.05) is 5.56 Å². The van der Waals surface area contributed by atoms with Crippen molar-refractivity contribution < 1.29 is 27.1 Å². The number of esters is 1. The SMILES string of the molecule is CCOC(=O)c1n[nH]nc1-c1ccc(C(F)(F)F)c(F)c1. The smallest absolute Gasteiger partial charge is 0.419 e. The van der Waals surface area contributed by atoms with Gasteiger partial charge < -0.3 is 4.74 Å². The number of aromatic nitrogens is 3. The first-order chi connectivity index (χ1) is 9.84. The van der Waals surface area contributed by atoms with E-state index in [1.54, 1.807) is 6.92 Å². The molecule has 0 saturated carbocycles. The Balaban J connectivity index is 2.43. The van der Waals surface area contributed by atoms with Crippen LogP contribution in [0.1, 0.15) is 23.0 Å². The van der Waals surface area contributed by atoms with Crippen LogP contribution in [0.5, 0.6) is 0 Å². The Hall–Kier alpha value is -2.45. The van der Waals surface area contributed by atoms with Crippen molar-refractivity contribution in [1.29, 1.82) is 0 Å². The molecule has 9 heteroatoms. The molecule has 0 atom stereocenters. The minimum atomic E-state index is -4.80. The monoisotopic (exact) mass is 303 g/mol. The fraction of sp³-hybridized carbons (Fsp3) is 0.250. The lowest BCUT2D eigenvalue weighted by atomic mass is 10.1. The summed E-state index contributed by atoms with van der Waals surface area (Å²) in [5.41, 5.74) is -1.72. The first-order valence-corrected chi connectivity index (χ1v) is 5.79. The molecule has 0 aliphatic heterocycles. The van der Waals surface area contributed by atoms with Gasteiger partial charge in [-0.05, 0) is 19.1 Å². The number of hydrogen-bond donors (Lipinski definition) is 1. The summed E-state index contributed by atoms with van der Waals surface area (Å²) in [7, 11) is 0. The molecular weight excluding hydrogens is 294 g/mol. The third-order valence-corrected chi connectivity index (χ3v) is 2.56. The van der Waals surface area contributed by atoms with Gasteiger partial charge in [-0.1, -0.05) is 6.07 Å². The number of hydrogen-bond acceptors (Lipinski definition) is 4. The first kappa shape index (κ1) is 14.9. The Bertz CT molecular complexity index is 667. The van der Waals surface area contributed by atoms with Crippen LogP contribution in [0.3, 0.4) is 0 Å². The van der Waals surface area contributed by atoms with E-state index in [1.807, 2.05) is 0 Å². The molecule has 21 heavy (non-hydrogen) atoms. The van der Waals surface area contributed by atoms with Gasteiger partial charge in [0.05, 0.1) is 12.2 Å². The highest BCUT2D eigenvalue weighted by Crippen LogP contribution is 2.33. The fourth-order valence-corrected chi connectivity index (χ4v) is 1.67. The topological polar surface area (TPSA) is 67.9 Å². The van der Waals surface area contributed by atoms with Gasteiger partial charge in [0.25, 0.3) is 0 Å². The van der Waals surface area contributed by atoms with Gasteiger partial charge in [0.1, 0.15) is 11.5 Å². The molecule has 1 aromatic heterocycles. The molecule has 0 aliphatic rings. The van der Waals surface area contributed by atoms with E-state index in [9.17, 15) is 22.4 Å². The van der Waals surface area contributed by atoms with Crippen LogP contribution in [-0.2, 0) is 10.9 Å². The maximum atomic E-state index is 13.5. The van der Waals surface area contributed by atoms with Crippen LogP contribution in [-0.4, -0.2) is 28.0 Å². The van der Waals surface area contributed by atoms with Crippen LogP contribution in [0, 0.1) is 5.82 Å². The molecule has 1 N–H and O–H groups in total. The maximum Gasteiger partial charge on any atom is 0.419 e. The molecule has 1 aromatic carbocycles. The molecule has 1 heterocycles. The Morgan fingerprint density at radius 3 is 2.62 bits per heavy atom. The average Bonchev–Trinajstić information content (AvgIpc) is 2.86. The standard InChI is InChI=1S/C12H9F4N3O2/c1-2-21-11(20)10-9(17-19-18-10)6-3-4-7(8(13)5-6)12(14,15)16/h3-5H,2H2,1H3,(H,17,18,19). The normalized spacial score (nSPS) is 11.5. The summed E-state index contributed by atoms with van der Waals surface area (Å²) in [5.74, 6) is -2.26. The zero-order chi connectivity index (χ0) is 15.6. The van der Waals surface area contributed by atoms with E-state index in [4.69, 9.17) is 4.74 Å².